The van der Waals surface area contributed by atoms with Crippen LogP contribution in [-0.2, 0) is 0 Å². The Balaban J connectivity index is 2.35. The van der Waals surface area contributed by atoms with Crippen molar-refractivity contribution in [3.8, 4) is 0 Å². The molecule has 8 heteroatoms. The lowest BCUT2D eigenvalue weighted by atomic mass is 10.1. The molecule has 0 unspecified atom stereocenters. The second kappa shape index (κ2) is 5.17. The lowest BCUT2D eigenvalue weighted by Crippen LogP contribution is -2.35. The number of aliphatic hydroxyl groups is 4. The van der Waals surface area contributed by atoms with Crippen molar-refractivity contribution in [3.63, 3.8) is 0 Å². The molecule has 6 nitrogen and oxygen atoms in total. The van der Waals surface area contributed by atoms with Crippen LogP contribution in [0.5, 0.6) is 0 Å². The van der Waals surface area contributed by atoms with Crippen molar-refractivity contribution < 1.29 is 29.2 Å². The predicted octanol–water partition coefficient (Wildman–Crippen LogP) is -0.411. The van der Waals surface area contributed by atoms with E-state index in [1.54, 1.807) is 0 Å². The van der Waals surface area contributed by atoms with Gasteiger partial charge in [-0.15, -0.1) is 0 Å². The van der Waals surface area contributed by atoms with E-state index in [-0.39, 0.29) is 16.9 Å². The smallest absolute Gasteiger partial charge is 0.161 e. The van der Waals surface area contributed by atoms with Gasteiger partial charge in [-0.1, -0.05) is 0 Å². The first kappa shape index (κ1) is 13.8. The lowest BCUT2D eigenvalue weighted by Gasteiger charge is -2.19. The average Bonchev–Trinajstić information content (AvgIpc) is 2.79. The van der Waals surface area contributed by atoms with E-state index in [1.165, 1.54) is 0 Å². The molecule has 19 heavy (non-hydrogen) atoms. The number of hydrogen-bond donors (Lipinski definition) is 5. The fourth-order valence-electron chi connectivity index (χ4n) is 1.64. The number of imidazole rings is 1. The first-order valence-electron chi connectivity index (χ1n) is 5.43. The number of hydrogen-bond acceptors (Lipinski definition) is 5. The predicted molar refractivity (Wildman–Crippen MR) is 60.1 cm³/mol. The molecule has 1 aromatic carbocycles. The molecule has 1 aromatic heterocycles. The van der Waals surface area contributed by atoms with Gasteiger partial charge in [0.15, 0.2) is 11.6 Å². The van der Waals surface area contributed by atoms with E-state index in [0.29, 0.717) is 0 Å². The van der Waals surface area contributed by atoms with Crippen LogP contribution in [0.25, 0.3) is 11.0 Å². The average molecular weight is 274 g/mol. The lowest BCUT2D eigenvalue weighted by molar-refractivity contribution is -0.0800. The molecule has 0 bridgehead atoms. The van der Waals surface area contributed by atoms with Gasteiger partial charge in [0.1, 0.15) is 24.1 Å². The molecule has 0 aliphatic rings. The van der Waals surface area contributed by atoms with Gasteiger partial charge in [-0.05, 0) is 0 Å². The molecular formula is C11H12F2N2O4. The Kier molecular flexibility index (Phi) is 3.76. The Morgan fingerprint density at radius 2 is 1.79 bits per heavy atom. The van der Waals surface area contributed by atoms with Crippen molar-refractivity contribution in [1.29, 1.82) is 0 Å². The molecule has 0 spiro atoms. The monoisotopic (exact) mass is 274 g/mol. The van der Waals surface area contributed by atoms with Gasteiger partial charge < -0.3 is 25.4 Å². The number of H-pyrrole nitrogens is 1. The van der Waals surface area contributed by atoms with Crippen LogP contribution in [-0.4, -0.2) is 49.2 Å². The number of aromatic nitrogens is 2. The summed E-state index contributed by atoms with van der Waals surface area (Å²) in [7, 11) is 0. The highest BCUT2D eigenvalue weighted by molar-refractivity contribution is 5.75. The van der Waals surface area contributed by atoms with Crippen LogP contribution in [0, 0.1) is 11.6 Å². The summed E-state index contributed by atoms with van der Waals surface area (Å²) in [5, 5.41) is 37.1. The topological polar surface area (TPSA) is 110 Å². The zero-order chi connectivity index (χ0) is 14.2. The second-order valence-electron chi connectivity index (χ2n) is 4.09. The van der Waals surface area contributed by atoms with Gasteiger partial charge in [0.05, 0.1) is 17.6 Å². The largest absolute Gasteiger partial charge is 0.394 e. The fourth-order valence-corrected chi connectivity index (χ4v) is 1.64. The Bertz CT molecular complexity index is 550. The second-order valence-corrected chi connectivity index (χ2v) is 4.09. The Labute approximate surface area is 106 Å². The summed E-state index contributed by atoms with van der Waals surface area (Å²) in [6.45, 7) is -0.748. The Morgan fingerprint density at radius 1 is 1.16 bits per heavy atom. The third kappa shape index (κ3) is 2.56. The Morgan fingerprint density at radius 3 is 2.42 bits per heavy atom. The van der Waals surface area contributed by atoms with E-state index in [1.807, 2.05) is 0 Å². The maximum absolute atomic E-state index is 13.0. The van der Waals surface area contributed by atoms with Crippen molar-refractivity contribution in [2.24, 2.45) is 0 Å². The first-order chi connectivity index (χ1) is 8.93. The van der Waals surface area contributed by atoms with E-state index < -0.39 is 36.6 Å². The fraction of sp³-hybridized carbons (Fsp3) is 0.364. The number of nitrogens with zero attached hydrogens (tertiary/aromatic N) is 1. The minimum atomic E-state index is -1.68. The summed E-state index contributed by atoms with van der Waals surface area (Å²) < 4.78 is 26.0. The molecule has 0 fully saturated rings. The molecule has 0 saturated heterocycles. The molecule has 5 N–H and O–H groups in total. The van der Waals surface area contributed by atoms with Gasteiger partial charge in [-0.3, -0.25) is 0 Å². The number of nitrogens with one attached hydrogen (secondary N) is 1. The van der Waals surface area contributed by atoms with Gasteiger partial charge in [0.25, 0.3) is 0 Å². The number of fused-ring (bicyclic) bond motifs is 1. The van der Waals surface area contributed by atoms with Crippen LogP contribution < -0.4 is 0 Å². The number of aromatic amines is 1. The molecule has 0 saturated carbocycles. The van der Waals surface area contributed by atoms with Crippen LogP contribution in [0.4, 0.5) is 8.78 Å². The van der Waals surface area contributed by atoms with Crippen molar-refractivity contribution in [2.45, 2.75) is 18.3 Å². The highest BCUT2D eigenvalue weighted by Crippen LogP contribution is 2.22. The van der Waals surface area contributed by atoms with Crippen LogP contribution in [0.15, 0.2) is 12.1 Å². The standard InChI is InChI=1S/C11H12F2N2O4/c12-4-1-6-7(2-5(4)13)15-11(14-6)10(19)9(18)8(17)3-16/h1-2,8-10,16-19H,3H2,(H,14,15)/t8-,9+,10-/m1/s1. The molecular weight excluding hydrogens is 262 g/mol. The molecule has 0 aliphatic carbocycles. The third-order valence-corrected chi connectivity index (χ3v) is 2.73. The summed E-state index contributed by atoms with van der Waals surface area (Å²) in [6, 6.07) is 1.70. The zero-order valence-corrected chi connectivity index (χ0v) is 9.59. The normalized spacial score (nSPS) is 16.5. The highest BCUT2D eigenvalue weighted by Gasteiger charge is 2.28. The van der Waals surface area contributed by atoms with E-state index in [0.717, 1.165) is 12.1 Å². The van der Waals surface area contributed by atoms with Crippen molar-refractivity contribution in [3.05, 3.63) is 29.6 Å². The highest BCUT2D eigenvalue weighted by atomic mass is 19.2. The van der Waals surface area contributed by atoms with Crippen molar-refractivity contribution in [1.82, 2.24) is 9.97 Å². The molecule has 1 heterocycles. The van der Waals surface area contributed by atoms with Crippen LogP contribution in [0.2, 0.25) is 0 Å². The zero-order valence-electron chi connectivity index (χ0n) is 9.59. The summed E-state index contributed by atoms with van der Waals surface area (Å²) in [4.78, 5) is 6.29. The SMILES string of the molecule is OC[C@@H](O)[C@H](O)[C@@H](O)c1nc2cc(F)c(F)cc2[nH]1. The van der Waals surface area contributed by atoms with Gasteiger partial charge in [-0.2, -0.15) is 0 Å². The van der Waals surface area contributed by atoms with Gasteiger partial charge in [0, 0.05) is 12.1 Å². The quantitative estimate of drug-likeness (QED) is 0.520. The summed E-state index contributed by atoms with van der Waals surface area (Å²) in [5.41, 5.74) is 0.206. The molecule has 104 valence electrons. The minimum Gasteiger partial charge on any atom is -0.394 e. The van der Waals surface area contributed by atoms with Crippen LogP contribution in [0.3, 0.4) is 0 Å². The van der Waals surface area contributed by atoms with Gasteiger partial charge >= 0.3 is 0 Å². The van der Waals surface area contributed by atoms with Gasteiger partial charge in [-0.25, -0.2) is 13.8 Å². The molecule has 0 amide bonds. The van der Waals surface area contributed by atoms with Crippen molar-refractivity contribution >= 4 is 11.0 Å². The van der Waals surface area contributed by atoms with E-state index >= 15 is 0 Å². The molecule has 2 rings (SSSR count). The number of rotatable bonds is 4. The maximum atomic E-state index is 13.0. The van der Waals surface area contributed by atoms with E-state index in [2.05, 4.69) is 9.97 Å². The molecule has 3 atom stereocenters. The molecule has 2 aromatic rings. The molecule has 0 radical (unpaired) electrons. The van der Waals surface area contributed by atoms with Gasteiger partial charge in [0.2, 0.25) is 0 Å². The summed E-state index contributed by atoms with van der Waals surface area (Å²) >= 11 is 0. The molecule has 0 aliphatic heterocycles. The Hall–Kier alpha value is -1.61. The number of aliphatic hydroxyl groups excluding tert-OH is 4. The number of halogens is 2. The van der Waals surface area contributed by atoms with E-state index in [4.69, 9.17) is 5.11 Å². The third-order valence-electron chi connectivity index (χ3n) is 2.73. The summed E-state index contributed by atoms with van der Waals surface area (Å²) in [5.74, 6) is -2.33. The summed E-state index contributed by atoms with van der Waals surface area (Å²) in [6.07, 6.45) is -4.86. The minimum absolute atomic E-state index is 0.0682. The van der Waals surface area contributed by atoms with Crippen molar-refractivity contribution in [2.75, 3.05) is 6.61 Å². The van der Waals surface area contributed by atoms with Crippen LogP contribution in [0.1, 0.15) is 11.9 Å². The first-order valence-corrected chi connectivity index (χ1v) is 5.43. The van der Waals surface area contributed by atoms with Crippen LogP contribution >= 0.6 is 0 Å². The number of benzene rings is 1. The maximum Gasteiger partial charge on any atom is 0.161 e. The van der Waals surface area contributed by atoms with E-state index in [9.17, 15) is 24.1 Å².